The van der Waals surface area contributed by atoms with Gasteiger partial charge in [-0.2, -0.15) is 0 Å². The first-order valence-corrected chi connectivity index (χ1v) is 11.9. The van der Waals surface area contributed by atoms with Gasteiger partial charge in [0.2, 0.25) is 0 Å². The summed E-state index contributed by atoms with van der Waals surface area (Å²) in [5.41, 5.74) is 1.13. The Morgan fingerprint density at radius 1 is 1.13 bits per heavy atom. The molecule has 0 aliphatic rings. The molecule has 3 atom stereocenters. The van der Waals surface area contributed by atoms with Crippen molar-refractivity contribution in [3.63, 3.8) is 0 Å². The van der Waals surface area contributed by atoms with E-state index in [4.69, 9.17) is 9.16 Å². The second kappa shape index (κ2) is 10.2. The molecule has 0 amide bonds. The Hall–Kier alpha value is -0.683. The van der Waals surface area contributed by atoms with E-state index in [0.29, 0.717) is 13.2 Å². The lowest BCUT2D eigenvalue weighted by Crippen LogP contribution is -2.39. The lowest BCUT2D eigenvalue weighted by Gasteiger charge is -2.30. The molecule has 0 aromatic heterocycles. The normalized spacial score (nSPS) is 16.1. The molecule has 1 aromatic carbocycles. The molecule has 0 aliphatic heterocycles. The Kier molecular flexibility index (Phi) is 9.06. The van der Waals surface area contributed by atoms with Gasteiger partial charge < -0.3 is 14.3 Å². The summed E-state index contributed by atoms with van der Waals surface area (Å²) in [6.07, 6.45) is 1.74. The second-order valence-electron chi connectivity index (χ2n) is 7.15. The molecule has 0 heterocycles. The third-order valence-corrected chi connectivity index (χ3v) is 6.70. The molecule has 0 radical (unpaired) electrons. The average molecular weight is 339 g/mol. The fraction of sp³-hybridized carbons (Fsp3) is 0.684. The van der Waals surface area contributed by atoms with Crippen molar-refractivity contribution in [3.05, 3.63) is 35.9 Å². The van der Waals surface area contributed by atoms with Gasteiger partial charge in [-0.05, 0) is 31.6 Å². The highest BCUT2D eigenvalue weighted by Gasteiger charge is 2.27. The van der Waals surface area contributed by atoms with Crippen molar-refractivity contribution in [2.45, 2.75) is 71.6 Å². The molecule has 132 valence electrons. The van der Waals surface area contributed by atoms with Crippen LogP contribution < -0.4 is 0 Å². The van der Waals surface area contributed by atoms with Crippen molar-refractivity contribution in [3.8, 4) is 0 Å². The maximum atomic E-state index is 10.1. The number of hydrogen-bond donors (Lipinski definition) is 1. The standard InChI is InChI=1S/C19H34O3Si/c1-6-7-13-23(4,5)22-14-16(2)19(17(3)20)21-15-18-11-9-8-10-12-18/h8-12,16-17,19-20H,6-7,13-15H2,1-5H3. The minimum Gasteiger partial charge on any atom is -0.417 e. The predicted molar refractivity (Wildman–Crippen MR) is 99.0 cm³/mol. The first-order valence-electron chi connectivity index (χ1n) is 8.83. The van der Waals surface area contributed by atoms with Crippen LogP contribution in [0, 0.1) is 5.92 Å². The molecule has 0 saturated carbocycles. The molecular formula is C19H34O3Si. The van der Waals surface area contributed by atoms with Crippen LogP contribution >= 0.6 is 0 Å². The van der Waals surface area contributed by atoms with E-state index >= 15 is 0 Å². The summed E-state index contributed by atoms with van der Waals surface area (Å²) in [4.78, 5) is 0. The van der Waals surface area contributed by atoms with E-state index in [1.807, 2.05) is 30.3 Å². The van der Waals surface area contributed by atoms with Gasteiger partial charge in [0.1, 0.15) is 0 Å². The molecule has 1 rings (SSSR count). The Morgan fingerprint density at radius 3 is 2.35 bits per heavy atom. The zero-order valence-electron chi connectivity index (χ0n) is 15.4. The van der Waals surface area contributed by atoms with Gasteiger partial charge >= 0.3 is 0 Å². The van der Waals surface area contributed by atoms with Gasteiger partial charge in [-0.25, -0.2) is 0 Å². The van der Waals surface area contributed by atoms with E-state index in [0.717, 1.165) is 5.56 Å². The van der Waals surface area contributed by atoms with E-state index in [2.05, 4.69) is 26.9 Å². The van der Waals surface area contributed by atoms with Crippen LogP contribution in [-0.4, -0.2) is 32.2 Å². The van der Waals surface area contributed by atoms with Gasteiger partial charge in [-0.1, -0.05) is 57.0 Å². The van der Waals surface area contributed by atoms with Crippen LogP contribution in [-0.2, 0) is 15.8 Å². The Labute approximate surface area is 143 Å². The van der Waals surface area contributed by atoms with Gasteiger partial charge in [-0.15, -0.1) is 0 Å². The maximum Gasteiger partial charge on any atom is 0.186 e. The number of aliphatic hydroxyl groups excluding tert-OH is 1. The quantitative estimate of drug-likeness (QED) is 0.599. The van der Waals surface area contributed by atoms with E-state index in [9.17, 15) is 5.11 Å². The molecule has 0 spiro atoms. The summed E-state index contributed by atoms with van der Waals surface area (Å²) < 4.78 is 12.2. The van der Waals surface area contributed by atoms with Crippen molar-refractivity contribution >= 4 is 8.32 Å². The number of unbranched alkanes of at least 4 members (excludes halogenated alkanes) is 1. The average Bonchev–Trinajstić information content (AvgIpc) is 2.52. The minimum absolute atomic E-state index is 0.173. The first-order chi connectivity index (χ1) is 10.9. The third-order valence-electron chi connectivity index (χ3n) is 4.19. The summed E-state index contributed by atoms with van der Waals surface area (Å²) in [6, 6.07) is 11.3. The topological polar surface area (TPSA) is 38.7 Å². The summed E-state index contributed by atoms with van der Waals surface area (Å²) >= 11 is 0. The van der Waals surface area contributed by atoms with Gasteiger partial charge in [0, 0.05) is 12.5 Å². The molecule has 0 fully saturated rings. The van der Waals surface area contributed by atoms with E-state index in [-0.39, 0.29) is 12.0 Å². The number of rotatable bonds is 11. The zero-order valence-corrected chi connectivity index (χ0v) is 16.4. The van der Waals surface area contributed by atoms with Crippen molar-refractivity contribution < 1.29 is 14.3 Å². The lowest BCUT2D eigenvalue weighted by atomic mass is 10.0. The van der Waals surface area contributed by atoms with Crippen LogP contribution in [0.25, 0.3) is 0 Å². The number of ether oxygens (including phenoxy) is 1. The van der Waals surface area contributed by atoms with Crippen molar-refractivity contribution in [2.75, 3.05) is 6.61 Å². The van der Waals surface area contributed by atoms with Crippen LogP contribution in [0.4, 0.5) is 0 Å². The number of hydrogen-bond acceptors (Lipinski definition) is 3. The molecular weight excluding hydrogens is 304 g/mol. The summed E-state index contributed by atoms with van der Waals surface area (Å²) in [6.45, 7) is 11.9. The fourth-order valence-corrected chi connectivity index (χ4v) is 4.74. The third kappa shape index (κ3) is 8.11. The molecule has 0 bridgehead atoms. The summed E-state index contributed by atoms with van der Waals surface area (Å²) in [5, 5.41) is 10.1. The fourth-order valence-electron chi connectivity index (χ4n) is 2.67. The number of benzene rings is 1. The number of aliphatic hydroxyl groups is 1. The molecule has 3 nitrogen and oxygen atoms in total. The molecule has 4 heteroatoms. The van der Waals surface area contributed by atoms with Gasteiger partial charge in [0.25, 0.3) is 0 Å². The Morgan fingerprint density at radius 2 is 1.78 bits per heavy atom. The van der Waals surface area contributed by atoms with Crippen molar-refractivity contribution in [2.24, 2.45) is 5.92 Å². The summed E-state index contributed by atoms with van der Waals surface area (Å²) in [5.74, 6) is 0.173. The molecule has 1 N–H and O–H groups in total. The van der Waals surface area contributed by atoms with Crippen LogP contribution in [0.5, 0.6) is 0 Å². The Balaban J connectivity index is 2.49. The minimum atomic E-state index is -1.59. The highest BCUT2D eigenvalue weighted by atomic mass is 28.4. The second-order valence-corrected chi connectivity index (χ2v) is 11.5. The van der Waals surface area contributed by atoms with Crippen LogP contribution in [0.2, 0.25) is 19.1 Å². The largest absolute Gasteiger partial charge is 0.417 e. The molecule has 1 aromatic rings. The Bertz CT molecular complexity index is 420. The van der Waals surface area contributed by atoms with Crippen molar-refractivity contribution in [1.29, 1.82) is 0 Å². The molecule has 0 saturated heterocycles. The van der Waals surface area contributed by atoms with Crippen LogP contribution in [0.3, 0.4) is 0 Å². The monoisotopic (exact) mass is 338 g/mol. The highest BCUT2D eigenvalue weighted by molar-refractivity contribution is 6.71. The van der Waals surface area contributed by atoms with Gasteiger partial charge in [0.15, 0.2) is 8.32 Å². The highest BCUT2D eigenvalue weighted by Crippen LogP contribution is 2.20. The summed E-state index contributed by atoms with van der Waals surface area (Å²) in [7, 11) is -1.59. The predicted octanol–water partition coefficient (Wildman–Crippen LogP) is 4.61. The zero-order chi connectivity index (χ0) is 17.3. The van der Waals surface area contributed by atoms with E-state index < -0.39 is 14.4 Å². The molecule has 23 heavy (non-hydrogen) atoms. The lowest BCUT2D eigenvalue weighted by molar-refractivity contribution is -0.0744. The maximum absolute atomic E-state index is 10.1. The van der Waals surface area contributed by atoms with E-state index in [1.54, 1.807) is 6.92 Å². The molecule has 0 aliphatic carbocycles. The van der Waals surface area contributed by atoms with Crippen LogP contribution in [0.1, 0.15) is 39.2 Å². The van der Waals surface area contributed by atoms with Gasteiger partial charge in [-0.3, -0.25) is 0 Å². The van der Waals surface area contributed by atoms with E-state index in [1.165, 1.54) is 18.9 Å². The van der Waals surface area contributed by atoms with Crippen molar-refractivity contribution in [1.82, 2.24) is 0 Å². The molecule has 3 unspecified atom stereocenters. The smallest absolute Gasteiger partial charge is 0.186 e. The SMILES string of the molecule is CCCC[Si](C)(C)OCC(C)C(OCc1ccccc1)C(C)O. The first kappa shape index (κ1) is 20.4. The van der Waals surface area contributed by atoms with Gasteiger partial charge in [0.05, 0.1) is 18.8 Å². The van der Waals surface area contributed by atoms with Crippen LogP contribution in [0.15, 0.2) is 30.3 Å².